The van der Waals surface area contributed by atoms with Crippen molar-refractivity contribution < 1.29 is 5.11 Å². The second-order valence-corrected chi connectivity index (χ2v) is 3.80. The lowest BCUT2D eigenvalue weighted by molar-refractivity contribution is 0.415. The maximum absolute atomic E-state index is 9.79. The molecule has 0 fully saturated rings. The summed E-state index contributed by atoms with van der Waals surface area (Å²) >= 11 is 0. The molecule has 0 spiro atoms. The van der Waals surface area contributed by atoms with Crippen LogP contribution in [-0.2, 0) is 0 Å². The number of rotatable bonds is 0. The van der Waals surface area contributed by atoms with Crippen molar-refractivity contribution in [3.63, 3.8) is 0 Å². The molecule has 0 saturated carbocycles. The Kier molecular flexibility index (Phi) is 1.31. The first kappa shape index (κ1) is 7.41. The summed E-state index contributed by atoms with van der Waals surface area (Å²) in [5.74, 6) is 0.484. The Morgan fingerprint density at radius 2 is 1.83 bits per heavy atom. The van der Waals surface area contributed by atoms with Crippen molar-refractivity contribution in [2.45, 2.75) is 13.8 Å². The standard InChI is InChI=1S/C11H12O/c1-11(2)7-8-5-3-4-6-9(8)10(11)12/h3-7,12H,1-2H3. The van der Waals surface area contributed by atoms with Gasteiger partial charge in [-0.1, -0.05) is 30.3 Å². The van der Waals surface area contributed by atoms with Crippen LogP contribution in [-0.4, -0.2) is 5.11 Å². The SMILES string of the molecule is CC1(C)C=c2ccccc2=C1O. The third-order valence-corrected chi connectivity index (χ3v) is 2.34. The van der Waals surface area contributed by atoms with Gasteiger partial charge < -0.3 is 5.11 Å². The average Bonchev–Trinajstić information content (AvgIpc) is 2.24. The Morgan fingerprint density at radius 3 is 2.50 bits per heavy atom. The van der Waals surface area contributed by atoms with Gasteiger partial charge in [0.1, 0.15) is 5.76 Å². The van der Waals surface area contributed by atoms with Crippen LogP contribution in [0.3, 0.4) is 0 Å². The molecule has 0 unspecified atom stereocenters. The van der Waals surface area contributed by atoms with Crippen LogP contribution in [0, 0.1) is 5.41 Å². The Balaban J connectivity index is 2.90. The largest absolute Gasteiger partial charge is 0.511 e. The summed E-state index contributed by atoms with van der Waals surface area (Å²) in [7, 11) is 0. The summed E-state index contributed by atoms with van der Waals surface area (Å²) in [6.45, 7) is 4.03. The highest BCUT2D eigenvalue weighted by atomic mass is 16.3. The van der Waals surface area contributed by atoms with Crippen LogP contribution < -0.4 is 10.4 Å². The lowest BCUT2D eigenvalue weighted by Gasteiger charge is -2.14. The minimum atomic E-state index is -0.191. The number of hydrogen-bond donors (Lipinski definition) is 1. The Labute approximate surface area is 71.7 Å². The number of benzene rings is 1. The fraction of sp³-hybridized carbons (Fsp3) is 0.273. The van der Waals surface area contributed by atoms with Crippen molar-refractivity contribution in [3.8, 4) is 0 Å². The van der Waals surface area contributed by atoms with E-state index in [4.69, 9.17) is 0 Å². The van der Waals surface area contributed by atoms with Crippen molar-refractivity contribution in [1.82, 2.24) is 0 Å². The molecule has 12 heavy (non-hydrogen) atoms. The first-order valence-corrected chi connectivity index (χ1v) is 4.13. The smallest absolute Gasteiger partial charge is 0.109 e. The van der Waals surface area contributed by atoms with E-state index >= 15 is 0 Å². The third-order valence-electron chi connectivity index (χ3n) is 2.34. The van der Waals surface area contributed by atoms with Crippen LogP contribution in [0.25, 0.3) is 11.8 Å². The maximum Gasteiger partial charge on any atom is 0.109 e. The normalized spacial score (nSPS) is 18.7. The predicted octanol–water partition coefficient (Wildman–Crippen LogP) is 1.17. The number of aliphatic hydroxyl groups excluding tert-OH is 1. The van der Waals surface area contributed by atoms with Crippen molar-refractivity contribution in [1.29, 1.82) is 0 Å². The quantitative estimate of drug-likeness (QED) is 0.604. The number of aliphatic hydroxyl groups is 1. The Bertz CT molecular complexity index is 427. The molecule has 0 heterocycles. The van der Waals surface area contributed by atoms with Crippen molar-refractivity contribution in [2.75, 3.05) is 0 Å². The van der Waals surface area contributed by atoms with Gasteiger partial charge in [0, 0.05) is 10.6 Å². The van der Waals surface area contributed by atoms with E-state index in [-0.39, 0.29) is 5.41 Å². The summed E-state index contributed by atoms with van der Waals surface area (Å²) in [6, 6.07) is 7.92. The molecule has 0 saturated heterocycles. The zero-order chi connectivity index (χ0) is 8.77. The lowest BCUT2D eigenvalue weighted by atomic mass is 9.93. The van der Waals surface area contributed by atoms with Gasteiger partial charge in [-0.05, 0) is 19.1 Å². The van der Waals surface area contributed by atoms with Gasteiger partial charge in [0.15, 0.2) is 0 Å². The van der Waals surface area contributed by atoms with E-state index in [1.807, 2.05) is 38.1 Å². The molecule has 0 aromatic heterocycles. The molecule has 1 N–H and O–H groups in total. The van der Waals surface area contributed by atoms with Gasteiger partial charge in [-0.15, -0.1) is 0 Å². The van der Waals surface area contributed by atoms with Crippen LogP contribution in [0.15, 0.2) is 24.3 Å². The first-order chi connectivity index (χ1) is 5.61. The van der Waals surface area contributed by atoms with Gasteiger partial charge in [-0.25, -0.2) is 0 Å². The van der Waals surface area contributed by atoms with E-state index in [1.54, 1.807) is 0 Å². The summed E-state index contributed by atoms with van der Waals surface area (Å²) in [5.41, 5.74) is -0.191. The third kappa shape index (κ3) is 0.860. The highest BCUT2D eigenvalue weighted by molar-refractivity contribution is 5.61. The molecule has 1 aromatic carbocycles. The van der Waals surface area contributed by atoms with E-state index in [1.165, 1.54) is 0 Å². The first-order valence-electron chi connectivity index (χ1n) is 4.13. The number of fused-ring (bicyclic) bond motifs is 1. The van der Waals surface area contributed by atoms with E-state index in [0.29, 0.717) is 5.76 Å². The highest BCUT2D eigenvalue weighted by Crippen LogP contribution is 2.27. The molecule has 2 rings (SSSR count). The summed E-state index contributed by atoms with van der Waals surface area (Å²) in [5, 5.41) is 11.9. The molecule has 0 atom stereocenters. The summed E-state index contributed by atoms with van der Waals surface area (Å²) < 4.78 is 0. The zero-order valence-corrected chi connectivity index (χ0v) is 7.33. The van der Waals surface area contributed by atoms with E-state index in [9.17, 15) is 5.11 Å². The van der Waals surface area contributed by atoms with Gasteiger partial charge in [0.25, 0.3) is 0 Å². The van der Waals surface area contributed by atoms with Gasteiger partial charge in [-0.2, -0.15) is 0 Å². The summed E-state index contributed by atoms with van der Waals surface area (Å²) in [6.07, 6.45) is 2.09. The van der Waals surface area contributed by atoms with E-state index in [2.05, 4.69) is 6.08 Å². The Morgan fingerprint density at radius 1 is 1.17 bits per heavy atom. The van der Waals surface area contributed by atoms with Gasteiger partial charge in [0.2, 0.25) is 0 Å². The Hall–Kier alpha value is -1.24. The van der Waals surface area contributed by atoms with Crippen LogP contribution in [0.5, 0.6) is 0 Å². The van der Waals surface area contributed by atoms with Gasteiger partial charge in [0.05, 0.1) is 0 Å². The molecule has 1 aliphatic rings. The molecule has 1 nitrogen and oxygen atoms in total. The fourth-order valence-corrected chi connectivity index (χ4v) is 1.64. The number of hydrogen-bond acceptors (Lipinski definition) is 1. The monoisotopic (exact) mass is 160 g/mol. The predicted molar refractivity (Wildman–Crippen MR) is 50.0 cm³/mol. The van der Waals surface area contributed by atoms with E-state index in [0.717, 1.165) is 10.4 Å². The zero-order valence-electron chi connectivity index (χ0n) is 7.33. The van der Waals surface area contributed by atoms with Gasteiger partial charge >= 0.3 is 0 Å². The molecule has 0 bridgehead atoms. The maximum atomic E-state index is 9.79. The topological polar surface area (TPSA) is 20.2 Å². The molecule has 1 aromatic rings. The van der Waals surface area contributed by atoms with Crippen molar-refractivity contribution in [2.24, 2.45) is 5.41 Å². The minimum Gasteiger partial charge on any atom is -0.511 e. The van der Waals surface area contributed by atoms with Gasteiger partial charge in [-0.3, -0.25) is 0 Å². The van der Waals surface area contributed by atoms with Crippen LogP contribution in [0.4, 0.5) is 0 Å². The molecule has 0 aliphatic heterocycles. The van der Waals surface area contributed by atoms with Crippen LogP contribution >= 0.6 is 0 Å². The molecule has 1 aliphatic carbocycles. The fourth-order valence-electron chi connectivity index (χ4n) is 1.64. The molecule has 0 amide bonds. The second kappa shape index (κ2) is 2.13. The highest BCUT2D eigenvalue weighted by Gasteiger charge is 2.24. The lowest BCUT2D eigenvalue weighted by Crippen LogP contribution is -2.22. The molecular weight excluding hydrogens is 148 g/mol. The molecule has 0 radical (unpaired) electrons. The minimum absolute atomic E-state index is 0.191. The molecule has 1 heteroatoms. The van der Waals surface area contributed by atoms with E-state index < -0.39 is 0 Å². The average molecular weight is 160 g/mol. The van der Waals surface area contributed by atoms with Crippen molar-refractivity contribution in [3.05, 3.63) is 34.7 Å². The van der Waals surface area contributed by atoms with Crippen molar-refractivity contribution >= 4 is 11.8 Å². The second-order valence-electron chi connectivity index (χ2n) is 3.80. The summed E-state index contributed by atoms with van der Waals surface area (Å²) in [4.78, 5) is 0. The molecular formula is C11H12O. The van der Waals surface area contributed by atoms with Crippen LogP contribution in [0.1, 0.15) is 13.8 Å². The van der Waals surface area contributed by atoms with Crippen LogP contribution in [0.2, 0.25) is 0 Å². The molecule has 62 valence electrons.